The number of hydrogen-bond acceptors (Lipinski definition) is 4. The van der Waals surface area contributed by atoms with Crippen LogP contribution < -0.4 is 0 Å². The fourth-order valence-electron chi connectivity index (χ4n) is 4.69. The molecule has 0 unspecified atom stereocenters. The molecule has 2 aliphatic heterocycles. The lowest BCUT2D eigenvalue weighted by Gasteiger charge is -2.42. The Bertz CT molecular complexity index is 872. The summed E-state index contributed by atoms with van der Waals surface area (Å²) < 4.78 is 0. The molecule has 142 valence electrons. The molecule has 0 aliphatic carbocycles. The Morgan fingerprint density at radius 2 is 2.04 bits per heavy atom. The van der Waals surface area contributed by atoms with Crippen LogP contribution in [0.15, 0.2) is 35.5 Å². The second kappa shape index (κ2) is 7.39. The Morgan fingerprint density at radius 1 is 1.22 bits per heavy atom. The predicted octanol–water partition coefficient (Wildman–Crippen LogP) is 2.80. The Balaban J connectivity index is 1.64. The van der Waals surface area contributed by atoms with Gasteiger partial charge in [-0.05, 0) is 31.0 Å². The van der Waals surface area contributed by atoms with Crippen molar-refractivity contribution in [3.8, 4) is 0 Å². The van der Waals surface area contributed by atoms with Crippen LogP contribution >= 0.6 is 0 Å². The molecule has 0 N–H and O–H groups in total. The van der Waals surface area contributed by atoms with Crippen LogP contribution in [-0.2, 0) is 4.79 Å². The van der Waals surface area contributed by atoms with Gasteiger partial charge in [-0.25, -0.2) is 0 Å². The van der Waals surface area contributed by atoms with E-state index in [9.17, 15) is 4.79 Å². The van der Waals surface area contributed by atoms with Crippen LogP contribution in [0.1, 0.15) is 30.4 Å². The maximum absolute atomic E-state index is 12.9. The average molecular weight is 364 g/mol. The van der Waals surface area contributed by atoms with E-state index < -0.39 is 0 Å². The molecular weight excluding hydrogens is 336 g/mol. The number of aromatic nitrogens is 1. The maximum atomic E-state index is 12.9. The van der Waals surface area contributed by atoms with E-state index >= 15 is 0 Å². The number of pyridine rings is 1. The SMILES string of the molecule is C/N=C\c1ccc([C@H]2C[C@@H](C)CN(C(=O)C3CN(C)C3)C2)c2cccnc12. The third kappa shape index (κ3) is 3.48. The highest BCUT2D eigenvalue weighted by molar-refractivity contribution is 5.99. The number of carbonyl (C=O) groups is 1. The van der Waals surface area contributed by atoms with Gasteiger partial charge in [-0.1, -0.05) is 25.1 Å². The van der Waals surface area contributed by atoms with Crippen molar-refractivity contribution in [2.75, 3.05) is 40.3 Å². The molecule has 5 nitrogen and oxygen atoms in total. The smallest absolute Gasteiger partial charge is 0.228 e. The van der Waals surface area contributed by atoms with Crippen LogP contribution in [0.25, 0.3) is 10.9 Å². The van der Waals surface area contributed by atoms with Gasteiger partial charge < -0.3 is 9.80 Å². The number of fused-ring (bicyclic) bond motifs is 1. The summed E-state index contributed by atoms with van der Waals surface area (Å²) in [5.41, 5.74) is 3.35. The van der Waals surface area contributed by atoms with Crippen molar-refractivity contribution in [1.82, 2.24) is 14.8 Å². The largest absolute Gasteiger partial charge is 0.341 e. The number of nitrogens with zero attached hydrogens (tertiary/aromatic N) is 4. The van der Waals surface area contributed by atoms with Crippen LogP contribution in [0, 0.1) is 11.8 Å². The number of carbonyl (C=O) groups excluding carboxylic acids is 1. The molecule has 0 radical (unpaired) electrons. The van der Waals surface area contributed by atoms with E-state index in [1.807, 2.05) is 18.5 Å². The first-order valence-corrected chi connectivity index (χ1v) is 9.84. The van der Waals surface area contributed by atoms with Crippen LogP contribution in [0.4, 0.5) is 0 Å². The molecule has 2 aliphatic rings. The van der Waals surface area contributed by atoms with Crippen LogP contribution in [-0.4, -0.2) is 67.2 Å². The Morgan fingerprint density at radius 3 is 2.78 bits per heavy atom. The summed E-state index contributed by atoms with van der Waals surface area (Å²) in [7, 11) is 3.86. The van der Waals surface area contributed by atoms with Gasteiger partial charge in [-0.3, -0.25) is 14.8 Å². The van der Waals surface area contributed by atoms with Gasteiger partial charge in [0.25, 0.3) is 0 Å². The van der Waals surface area contributed by atoms with Gasteiger partial charge in [0.15, 0.2) is 0 Å². The normalized spacial score (nSPS) is 24.5. The van der Waals surface area contributed by atoms with Crippen LogP contribution in [0.2, 0.25) is 0 Å². The molecule has 2 saturated heterocycles. The van der Waals surface area contributed by atoms with E-state index in [0.717, 1.165) is 43.7 Å². The van der Waals surface area contributed by atoms with E-state index in [0.29, 0.717) is 17.7 Å². The highest BCUT2D eigenvalue weighted by Crippen LogP contribution is 2.35. The van der Waals surface area contributed by atoms with Crippen molar-refractivity contribution < 1.29 is 4.79 Å². The molecule has 2 fully saturated rings. The third-order valence-corrected chi connectivity index (χ3v) is 5.93. The fourth-order valence-corrected chi connectivity index (χ4v) is 4.69. The summed E-state index contributed by atoms with van der Waals surface area (Å²) in [6, 6.07) is 8.47. The van der Waals surface area contributed by atoms with E-state index in [1.165, 1.54) is 10.9 Å². The summed E-state index contributed by atoms with van der Waals surface area (Å²) in [5, 5.41) is 1.18. The molecule has 5 heteroatoms. The van der Waals surface area contributed by atoms with Crippen LogP contribution in [0.5, 0.6) is 0 Å². The summed E-state index contributed by atoms with van der Waals surface area (Å²) in [6.07, 6.45) is 4.82. The molecule has 0 bridgehead atoms. The standard InChI is InChI=1S/C22H28N4O/c1-15-9-17(14-26(11-15)22(27)18-12-25(3)13-18)19-7-6-16(10-23-2)21-20(19)5-4-8-24-21/h4-8,10,15,17-18H,9,11-14H2,1-3H3/b23-10-/t15-,17+/m1/s1. The first-order chi connectivity index (χ1) is 13.1. The van der Waals surface area contributed by atoms with E-state index in [-0.39, 0.29) is 5.92 Å². The first kappa shape index (κ1) is 18.1. The maximum Gasteiger partial charge on any atom is 0.228 e. The van der Waals surface area contributed by atoms with Gasteiger partial charge in [0.2, 0.25) is 5.91 Å². The van der Waals surface area contributed by atoms with Crippen molar-refractivity contribution in [2.24, 2.45) is 16.8 Å². The average Bonchev–Trinajstić information content (AvgIpc) is 2.65. The topological polar surface area (TPSA) is 48.8 Å². The summed E-state index contributed by atoms with van der Waals surface area (Å²) in [5.74, 6) is 1.38. The molecule has 1 aromatic carbocycles. The quantitative estimate of drug-likeness (QED) is 0.787. The Hall–Kier alpha value is -2.27. The zero-order valence-electron chi connectivity index (χ0n) is 16.4. The highest BCUT2D eigenvalue weighted by Gasteiger charge is 2.37. The number of amides is 1. The fraction of sp³-hybridized carbons (Fsp3) is 0.500. The van der Waals surface area contributed by atoms with Crippen molar-refractivity contribution in [1.29, 1.82) is 0 Å². The second-order valence-corrected chi connectivity index (χ2v) is 8.23. The molecule has 1 aromatic heterocycles. The second-order valence-electron chi connectivity index (χ2n) is 8.23. The minimum absolute atomic E-state index is 0.183. The minimum atomic E-state index is 0.183. The number of benzene rings is 1. The van der Waals surface area contributed by atoms with E-state index in [1.54, 1.807) is 7.05 Å². The van der Waals surface area contributed by atoms with Crippen LogP contribution in [0.3, 0.4) is 0 Å². The molecule has 1 amide bonds. The Kier molecular flexibility index (Phi) is 4.96. The molecule has 0 spiro atoms. The third-order valence-electron chi connectivity index (χ3n) is 5.93. The van der Waals surface area contributed by atoms with Gasteiger partial charge in [-0.2, -0.15) is 0 Å². The number of hydrogen-bond donors (Lipinski definition) is 0. The molecule has 27 heavy (non-hydrogen) atoms. The van der Waals surface area contributed by atoms with E-state index in [4.69, 9.17) is 0 Å². The number of rotatable bonds is 3. The van der Waals surface area contributed by atoms with Gasteiger partial charge in [-0.15, -0.1) is 0 Å². The lowest BCUT2D eigenvalue weighted by molar-refractivity contribution is -0.142. The molecule has 2 atom stereocenters. The van der Waals surface area contributed by atoms with Gasteiger partial charge >= 0.3 is 0 Å². The zero-order valence-corrected chi connectivity index (χ0v) is 16.4. The number of aliphatic imine (C=N–C) groups is 1. The molecule has 4 rings (SSSR count). The Labute approximate surface area is 161 Å². The van der Waals surface area contributed by atoms with E-state index in [2.05, 4.69) is 51.9 Å². The van der Waals surface area contributed by atoms with Gasteiger partial charge in [0, 0.05) is 62.5 Å². The summed E-state index contributed by atoms with van der Waals surface area (Å²) >= 11 is 0. The van der Waals surface area contributed by atoms with Crippen molar-refractivity contribution in [2.45, 2.75) is 19.3 Å². The summed E-state index contributed by atoms with van der Waals surface area (Å²) in [4.78, 5) is 26.0. The predicted molar refractivity (Wildman–Crippen MR) is 109 cm³/mol. The molecule has 3 heterocycles. The minimum Gasteiger partial charge on any atom is -0.341 e. The number of likely N-dealkylation sites (tertiary alicyclic amines) is 2. The zero-order chi connectivity index (χ0) is 19.0. The van der Waals surface area contributed by atoms with Crippen molar-refractivity contribution >= 4 is 23.0 Å². The summed E-state index contributed by atoms with van der Waals surface area (Å²) in [6.45, 7) is 5.75. The molecular formula is C22H28N4O. The lowest BCUT2D eigenvalue weighted by atomic mass is 9.82. The molecule has 0 saturated carbocycles. The highest BCUT2D eigenvalue weighted by atomic mass is 16.2. The number of piperidine rings is 1. The van der Waals surface area contributed by atoms with Crippen molar-refractivity contribution in [3.05, 3.63) is 41.6 Å². The first-order valence-electron chi connectivity index (χ1n) is 9.84. The monoisotopic (exact) mass is 364 g/mol. The van der Waals surface area contributed by atoms with Gasteiger partial charge in [0.05, 0.1) is 11.4 Å². The van der Waals surface area contributed by atoms with Gasteiger partial charge in [0.1, 0.15) is 0 Å². The van der Waals surface area contributed by atoms with Crippen molar-refractivity contribution in [3.63, 3.8) is 0 Å². The lowest BCUT2D eigenvalue weighted by Crippen LogP contribution is -2.55. The molecule has 2 aromatic rings.